The van der Waals surface area contributed by atoms with Crippen LogP contribution in [0.5, 0.6) is 0 Å². The maximum atomic E-state index is 4.24. The van der Waals surface area contributed by atoms with E-state index in [9.17, 15) is 0 Å². The Balaban J connectivity index is 1.80. The van der Waals surface area contributed by atoms with Crippen molar-refractivity contribution in [3.8, 4) is 0 Å². The highest BCUT2D eigenvalue weighted by atomic mass is 32.1. The van der Waals surface area contributed by atoms with Crippen molar-refractivity contribution in [2.75, 3.05) is 45.6 Å². The van der Waals surface area contributed by atoms with Crippen molar-refractivity contribution in [3.63, 3.8) is 0 Å². The van der Waals surface area contributed by atoms with Gasteiger partial charge in [0, 0.05) is 31.2 Å². The number of nitrogens with one attached hydrogen (secondary N) is 1. The SMILES string of the molecule is CCNc1snnc1CN(C)CC1CCN(C)CC1. The second kappa shape index (κ2) is 7.17. The third-order valence-electron chi connectivity index (χ3n) is 3.72. The Morgan fingerprint density at radius 3 is 2.84 bits per heavy atom. The summed E-state index contributed by atoms with van der Waals surface area (Å²) >= 11 is 1.46. The van der Waals surface area contributed by atoms with Gasteiger partial charge in [-0.2, -0.15) is 0 Å². The fraction of sp³-hybridized carbons (Fsp3) is 0.846. The molecule has 2 rings (SSSR count). The standard InChI is InChI=1S/C13H25N5S/c1-4-14-13-12(15-16-19-13)10-18(3)9-11-5-7-17(2)8-6-11/h11,14H,4-10H2,1-3H3. The minimum absolute atomic E-state index is 0.829. The molecule has 0 spiro atoms. The number of likely N-dealkylation sites (tertiary alicyclic amines) is 1. The molecule has 0 radical (unpaired) electrons. The van der Waals surface area contributed by atoms with Gasteiger partial charge in [0.2, 0.25) is 0 Å². The minimum Gasteiger partial charge on any atom is -0.374 e. The average Bonchev–Trinajstić information content (AvgIpc) is 2.80. The first-order valence-corrected chi connectivity index (χ1v) is 7.88. The quantitative estimate of drug-likeness (QED) is 0.861. The Labute approximate surface area is 120 Å². The molecule has 1 saturated heterocycles. The maximum absolute atomic E-state index is 4.24. The number of aromatic nitrogens is 2. The van der Waals surface area contributed by atoms with Crippen molar-refractivity contribution in [2.45, 2.75) is 26.3 Å². The van der Waals surface area contributed by atoms with E-state index < -0.39 is 0 Å². The summed E-state index contributed by atoms with van der Waals surface area (Å²) in [5.41, 5.74) is 1.09. The molecule has 1 fully saturated rings. The van der Waals surface area contributed by atoms with Crippen LogP contribution in [0, 0.1) is 5.92 Å². The largest absolute Gasteiger partial charge is 0.374 e. The van der Waals surface area contributed by atoms with E-state index in [2.05, 4.69) is 45.7 Å². The van der Waals surface area contributed by atoms with E-state index >= 15 is 0 Å². The van der Waals surface area contributed by atoms with E-state index in [1.54, 1.807) is 0 Å². The fourth-order valence-corrected chi connectivity index (χ4v) is 3.25. The van der Waals surface area contributed by atoms with E-state index in [1.165, 1.54) is 37.5 Å². The van der Waals surface area contributed by atoms with Gasteiger partial charge < -0.3 is 15.1 Å². The Morgan fingerprint density at radius 1 is 1.42 bits per heavy atom. The molecule has 1 N–H and O–H groups in total. The van der Waals surface area contributed by atoms with Crippen LogP contribution in [0.2, 0.25) is 0 Å². The molecular weight excluding hydrogens is 258 g/mol. The Bertz CT molecular complexity index is 373. The average molecular weight is 283 g/mol. The van der Waals surface area contributed by atoms with E-state index in [-0.39, 0.29) is 0 Å². The predicted molar refractivity (Wildman–Crippen MR) is 80.6 cm³/mol. The summed E-state index contributed by atoms with van der Waals surface area (Å²) in [6.45, 7) is 7.56. The van der Waals surface area contributed by atoms with E-state index in [1.807, 2.05) is 0 Å². The minimum atomic E-state index is 0.829. The van der Waals surface area contributed by atoms with Crippen LogP contribution < -0.4 is 5.32 Å². The van der Waals surface area contributed by atoms with Crippen LogP contribution in [0.15, 0.2) is 0 Å². The number of rotatable bonds is 6. The second-order valence-electron chi connectivity index (χ2n) is 5.52. The van der Waals surface area contributed by atoms with Crippen LogP contribution in [0.3, 0.4) is 0 Å². The first-order chi connectivity index (χ1) is 9.19. The van der Waals surface area contributed by atoms with Gasteiger partial charge in [-0.25, -0.2) is 0 Å². The molecule has 1 aromatic heterocycles. The monoisotopic (exact) mass is 283 g/mol. The summed E-state index contributed by atoms with van der Waals surface area (Å²) in [7, 11) is 4.40. The maximum Gasteiger partial charge on any atom is 0.134 e. The van der Waals surface area contributed by atoms with Gasteiger partial charge in [-0.3, -0.25) is 0 Å². The number of nitrogens with zero attached hydrogens (tertiary/aromatic N) is 4. The lowest BCUT2D eigenvalue weighted by Crippen LogP contribution is -2.35. The molecule has 0 unspecified atom stereocenters. The van der Waals surface area contributed by atoms with Crippen LogP contribution in [0.4, 0.5) is 5.00 Å². The number of hydrogen-bond acceptors (Lipinski definition) is 6. The van der Waals surface area contributed by atoms with Crippen LogP contribution in [0.1, 0.15) is 25.5 Å². The predicted octanol–water partition coefficient (Wildman–Crippen LogP) is 1.74. The van der Waals surface area contributed by atoms with Crippen molar-refractivity contribution in [2.24, 2.45) is 5.92 Å². The highest BCUT2D eigenvalue weighted by molar-refractivity contribution is 7.10. The Hall–Kier alpha value is -0.720. The molecule has 1 aromatic rings. The molecule has 0 atom stereocenters. The van der Waals surface area contributed by atoms with E-state index in [4.69, 9.17) is 0 Å². The van der Waals surface area contributed by atoms with Crippen molar-refractivity contribution >= 4 is 16.5 Å². The van der Waals surface area contributed by atoms with Gasteiger partial charge in [-0.15, -0.1) is 5.10 Å². The van der Waals surface area contributed by atoms with E-state index in [0.29, 0.717) is 0 Å². The first kappa shape index (κ1) is 14.7. The normalized spacial score (nSPS) is 18.1. The lowest BCUT2D eigenvalue weighted by molar-refractivity contribution is 0.173. The van der Waals surface area contributed by atoms with Crippen molar-refractivity contribution in [3.05, 3.63) is 5.69 Å². The zero-order valence-electron chi connectivity index (χ0n) is 12.2. The molecule has 108 valence electrons. The molecule has 0 saturated carbocycles. The molecule has 1 aliphatic heterocycles. The summed E-state index contributed by atoms with van der Waals surface area (Å²) in [5.74, 6) is 0.829. The van der Waals surface area contributed by atoms with Gasteiger partial charge in [0.25, 0.3) is 0 Å². The highest BCUT2D eigenvalue weighted by Gasteiger charge is 2.19. The molecule has 1 aliphatic rings. The summed E-state index contributed by atoms with van der Waals surface area (Å²) in [5, 5.41) is 8.69. The molecule has 0 aliphatic carbocycles. The van der Waals surface area contributed by atoms with E-state index in [0.717, 1.165) is 36.2 Å². The first-order valence-electron chi connectivity index (χ1n) is 7.11. The van der Waals surface area contributed by atoms with Crippen molar-refractivity contribution < 1.29 is 0 Å². The van der Waals surface area contributed by atoms with Gasteiger partial charge in [0.1, 0.15) is 10.7 Å². The zero-order chi connectivity index (χ0) is 13.7. The van der Waals surface area contributed by atoms with Crippen molar-refractivity contribution in [1.82, 2.24) is 19.4 Å². The van der Waals surface area contributed by atoms with Crippen LogP contribution >= 0.6 is 11.5 Å². The third kappa shape index (κ3) is 4.40. The van der Waals surface area contributed by atoms with Gasteiger partial charge in [-0.05, 0) is 52.9 Å². The molecule has 6 heteroatoms. The van der Waals surface area contributed by atoms with Crippen LogP contribution in [0.25, 0.3) is 0 Å². The summed E-state index contributed by atoms with van der Waals surface area (Å²) < 4.78 is 4.05. The van der Waals surface area contributed by atoms with Gasteiger partial charge in [-0.1, -0.05) is 4.49 Å². The van der Waals surface area contributed by atoms with Crippen LogP contribution in [-0.4, -0.2) is 59.7 Å². The van der Waals surface area contributed by atoms with Gasteiger partial charge in [0.15, 0.2) is 0 Å². The highest BCUT2D eigenvalue weighted by Crippen LogP contribution is 2.21. The molecule has 0 bridgehead atoms. The Morgan fingerprint density at radius 2 is 2.16 bits per heavy atom. The molecular formula is C13H25N5S. The fourth-order valence-electron chi connectivity index (χ4n) is 2.61. The smallest absolute Gasteiger partial charge is 0.134 e. The van der Waals surface area contributed by atoms with Crippen molar-refractivity contribution in [1.29, 1.82) is 0 Å². The zero-order valence-corrected chi connectivity index (χ0v) is 13.0. The molecule has 2 heterocycles. The number of anilines is 1. The molecule has 0 amide bonds. The Kier molecular flexibility index (Phi) is 5.54. The lowest BCUT2D eigenvalue weighted by atomic mass is 9.97. The number of piperidine rings is 1. The number of hydrogen-bond donors (Lipinski definition) is 1. The third-order valence-corrected chi connectivity index (χ3v) is 4.45. The second-order valence-corrected chi connectivity index (χ2v) is 6.28. The summed E-state index contributed by atoms with van der Waals surface area (Å²) in [4.78, 5) is 4.80. The van der Waals surface area contributed by atoms with Gasteiger partial charge in [0.05, 0.1) is 0 Å². The topological polar surface area (TPSA) is 44.3 Å². The summed E-state index contributed by atoms with van der Waals surface area (Å²) in [6.07, 6.45) is 2.63. The molecule has 5 nitrogen and oxygen atoms in total. The molecule has 0 aromatic carbocycles. The summed E-state index contributed by atoms with van der Waals surface area (Å²) in [6, 6.07) is 0. The molecule has 19 heavy (non-hydrogen) atoms. The van der Waals surface area contributed by atoms with Gasteiger partial charge >= 0.3 is 0 Å². The van der Waals surface area contributed by atoms with Crippen LogP contribution in [-0.2, 0) is 6.54 Å². The lowest BCUT2D eigenvalue weighted by Gasteiger charge is -2.31.